The molecule has 214 valence electrons. The number of aliphatic imine (C=N–C) groups is 1. The number of carbonyl (C=O) groups excluding carboxylic acids is 2. The second-order valence-electron chi connectivity index (χ2n) is 10.2. The van der Waals surface area contributed by atoms with Gasteiger partial charge in [-0.2, -0.15) is 0 Å². The lowest BCUT2D eigenvalue weighted by Gasteiger charge is -2.41. The summed E-state index contributed by atoms with van der Waals surface area (Å²) in [6.45, 7) is 11.3. The fraction of sp³-hybridized carbons (Fsp3) is 0.290. The number of amidine groups is 1. The lowest BCUT2D eigenvalue weighted by molar-refractivity contribution is -0.128. The van der Waals surface area contributed by atoms with Gasteiger partial charge in [0.25, 0.3) is 0 Å². The van der Waals surface area contributed by atoms with E-state index < -0.39 is 0 Å². The number of nitrogens with two attached hydrogens (primary N) is 1. The summed E-state index contributed by atoms with van der Waals surface area (Å²) in [4.78, 5) is 40.2. The molecular weight excluding hydrogens is 559 g/mol. The van der Waals surface area contributed by atoms with Crippen molar-refractivity contribution < 1.29 is 9.59 Å². The summed E-state index contributed by atoms with van der Waals surface area (Å²) < 4.78 is 0. The Kier molecular flexibility index (Phi) is 9.35. The molecule has 0 radical (unpaired) electrons. The molecule has 2 N–H and O–H groups in total. The number of pyridine rings is 1. The summed E-state index contributed by atoms with van der Waals surface area (Å²) in [6, 6.07) is 14.5. The van der Waals surface area contributed by atoms with Crippen molar-refractivity contribution in [1.29, 1.82) is 0 Å². The van der Waals surface area contributed by atoms with E-state index in [0.717, 1.165) is 12.0 Å². The zero-order valence-corrected chi connectivity index (χ0v) is 25.2. The highest BCUT2D eigenvalue weighted by atomic mass is 35.5. The van der Waals surface area contributed by atoms with Gasteiger partial charge in [-0.25, -0.2) is 4.98 Å². The van der Waals surface area contributed by atoms with E-state index in [1.807, 2.05) is 31.2 Å². The Morgan fingerprint density at radius 3 is 2.54 bits per heavy atom. The van der Waals surface area contributed by atoms with Crippen molar-refractivity contribution in [1.82, 2.24) is 14.8 Å². The van der Waals surface area contributed by atoms with Crippen LogP contribution in [0.15, 0.2) is 66.2 Å². The number of hydrogen-bond acceptors (Lipinski definition) is 5. The number of carbonyl (C=O) groups is 2. The predicted octanol–water partition coefficient (Wildman–Crippen LogP) is 6.15. The third-order valence-corrected chi connectivity index (χ3v) is 7.81. The lowest BCUT2D eigenvalue weighted by Crippen LogP contribution is -2.55. The maximum Gasteiger partial charge on any atom is 0.246 e. The molecule has 1 fully saturated rings. The highest BCUT2D eigenvalue weighted by molar-refractivity contribution is 6.36. The van der Waals surface area contributed by atoms with Crippen LogP contribution in [0.2, 0.25) is 10.0 Å². The molecular formula is C31H34Cl2N6O2. The van der Waals surface area contributed by atoms with Crippen LogP contribution in [0.4, 0.5) is 17.2 Å². The number of halogens is 2. The zero-order chi connectivity index (χ0) is 29.8. The summed E-state index contributed by atoms with van der Waals surface area (Å²) in [5.74, 6) is 0.981. The van der Waals surface area contributed by atoms with Crippen LogP contribution in [0.5, 0.6) is 0 Å². The van der Waals surface area contributed by atoms with Gasteiger partial charge in [0, 0.05) is 44.0 Å². The first kappa shape index (κ1) is 30.1. The van der Waals surface area contributed by atoms with Gasteiger partial charge in [0.15, 0.2) is 5.82 Å². The molecule has 1 atom stereocenters. The van der Waals surface area contributed by atoms with Crippen molar-refractivity contribution in [3.63, 3.8) is 0 Å². The van der Waals surface area contributed by atoms with Crippen molar-refractivity contribution in [3.05, 3.63) is 82.4 Å². The standard InChI is InChI=1S/C31H34Cl2N6O2/c1-6-28(41)37-13-14-38(20(4)17-37)30(35-5)24-16-26(33)29(23-15-21(34)11-12-25(23)32)36-31(24)39(18-40)27-10-8-7-9-22(27)19(2)3/h6-12,15-16,18-20H,1,13-14,17,34H2,2-5H3/b35-30+. The molecule has 0 saturated carbocycles. The van der Waals surface area contributed by atoms with E-state index in [4.69, 9.17) is 33.9 Å². The Morgan fingerprint density at radius 1 is 1.17 bits per heavy atom. The number of piperazine rings is 1. The molecule has 10 heteroatoms. The Labute approximate surface area is 251 Å². The highest BCUT2D eigenvalue weighted by Gasteiger charge is 2.32. The molecule has 2 heterocycles. The van der Waals surface area contributed by atoms with Gasteiger partial charge in [-0.3, -0.25) is 19.5 Å². The second-order valence-corrected chi connectivity index (χ2v) is 11.0. The van der Waals surface area contributed by atoms with Crippen LogP contribution in [0.3, 0.4) is 0 Å². The summed E-state index contributed by atoms with van der Waals surface area (Å²) in [5, 5.41) is 0.752. The van der Waals surface area contributed by atoms with E-state index >= 15 is 0 Å². The Morgan fingerprint density at radius 2 is 1.90 bits per heavy atom. The van der Waals surface area contributed by atoms with Crippen LogP contribution >= 0.6 is 23.2 Å². The van der Waals surface area contributed by atoms with Crippen LogP contribution in [0.1, 0.15) is 37.8 Å². The summed E-state index contributed by atoms with van der Waals surface area (Å²) >= 11 is 13.5. The number of hydrogen-bond donors (Lipinski definition) is 1. The smallest absolute Gasteiger partial charge is 0.246 e. The first-order valence-electron chi connectivity index (χ1n) is 13.4. The largest absolute Gasteiger partial charge is 0.399 e. The van der Waals surface area contributed by atoms with Crippen LogP contribution in [0, 0.1) is 0 Å². The average molecular weight is 594 g/mol. The fourth-order valence-electron chi connectivity index (χ4n) is 5.16. The van der Waals surface area contributed by atoms with Gasteiger partial charge in [0.1, 0.15) is 5.84 Å². The monoisotopic (exact) mass is 592 g/mol. The molecule has 2 aromatic carbocycles. The van der Waals surface area contributed by atoms with E-state index in [2.05, 4.69) is 30.3 Å². The number of rotatable bonds is 7. The number of aromatic nitrogens is 1. The Hall–Kier alpha value is -3.88. The van der Waals surface area contributed by atoms with Crippen LogP contribution in [-0.2, 0) is 9.59 Å². The zero-order valence-electron chi connectivity index (χ0n) is 23.6. The first-order chi connectivity index (χ1) is 19.6. The van der Waals surface area contributed by atoms with Gasteiger partial charge in [-0.1, -0.05) is 61.8 Å². The van der Waals surface area contributed by atoms with Crippen molar-refractivity contribution in [2.24, 2.45) is 4.99 Å². The Bertz CT molecular complexity index is 1510. The van der Waals surface area contributed by atoms with Gasteiger partial charge in [0.2, 0.25) is 12.3 Å². The number of nitrogens with zero attached hydrogens (tertiary/aromatic N) is 5. The van der Waals surface area contributed by atoms with Gasteiger partial charge >= 0.3 is 0 Å². The number of para-hydroxylation sites is 1. The fourth-order valence-corrected chi connectivity index (χ4v) is 5.62. The van der Waals surface area contributed by atoms with E-state index in [-0.39, 0.29) is 17.9 Å². The first-order valence-corrected chi connectivity index (χ1v) is 14.1. The number of anilines is 3. The van der Waals surface area contributed by atoms with E-state index in [1.165, 1.54) is 11.0 Å². The molecule has 1 saturated heterocycles. The molecule has 2 amide bonds. The van der Waals surface area contributed by atoms with Gasteiger partial charge in [-0.15, -0.1) is 0 Å². The molecule has 4 rings (SSSR count). The van der Waals surface area contributed by atoms with Crippen molar-refractivity contribution in [2.45, 2.75) is 32.7 Å². The third kappa shape index (κ3) is 6.09. The topological polar surface area (TPSA) is 95.1 Å². The second kappa shape index (κ2) is 12.7. The number of amides is 2. The number of benzene rings is 2. The van der Waals surface area contributed by atoms with Gasteiger partial charge in [0.05, 0.1) is 27.0 Å². The van der Waals surface area contributed by atoms with E-state index in [1.54, 1.807) is 36.2 Å². The summed E-state index contributed by atoms with van der Waals surface area (Å²) in [7, 11) is 1.69. The predicted molar refractivity (Wildman–Crippen MR) is 168 cm³/mol. The van der Waals surface area contributed by atoms with Crippen molar-refractivity contribution in [3.8, 4) is 11.3 Å². The van der Waals surface area contributed by atoms with Crippen LogP contribution in [-0.4, -0.2) is 65.7 Å². The van der Waals surface area contributed by atoms with Crippen LogP contribution < -0.4 is 10.6 Å². The highest BCUT2D eigenvalue weighted by Crippen LogP contribution is 2.40. The third-order valence-electron chi connectivity index (χ3n) is 7.19. The Balaban J connectivity index is 1.94. The molecule has 1 unspecified atom stereocenters. The summed E-state index contributed by atoms with van der Waals surface area (Å²) in [5.41, 5.74) is 9.77. The minimum atomic E-state index is -0.113. The maximum absolute atomic E-state index is 12.9. The van der Waals surface area contributed by atoms with E-state index in [0.29, 0.717) is 69.5 Å². The SMILES string of the molecule is C=CC(=O)N1CCN(/C(=N/C)c2cc(Cl)c(-c3cc(N)ccc3Cl)nc2N(C=O)c2ccccc2C(C)C)C(C)C1. The molecule has 8 nitrogen and oxygen atoms in total. The normalized spacial score (nSPS) is 15.7. The molecule has 1 aliphatic rings. The van der Waals surface area contributed by atoms with Crippen molar-refractivity contribution >= 4 is 58.5 Å². The quantitative estimate of drug-likeness (QED) is 0.117. The molecule has 1 aromatic heterocycles. The molecule has 1 aliphatic heterocycles. The molecule has 0 bridgehead atoms. The average Bonchev–Trinajstić information content (AvgIpc) is 2.96. The minimum absolute atomic E-state index is 0.0753. The van der Waals surface area contributed by atoms with E-state index in [9.17, 15) is 9.59 Å². The maximum atomic E-state index is 12.9. The minimum Gasteiger partial charge on any atom is -0.399 e. The molecule has 0 aliphatic carbocycles. The number of nitrogen functional groups attached to an aromatic ring is 1. The van der Waals surface area contributed by atoms with Gasteiger partial charge in [-0.05, 0) is 54.8 Å². The van der Waals surface area contributed by atoms with Crippen molar-refractivity contribution in [2.75, 3.05) is 37.3 Å². The molecule has 0 spiro atoms. The lowest BCUT2D eigenvalue weighted by atomic mass is 10.00. The van der Waals surface area contributed by atoms with Gasteiger partial charge < -0.3 is 15.5 Å². The molecule has 41 heavy (non-hydrogen) atoms. The molecule has 3 aromatic rings. The van der Waals surface area contributed by atoms with Crippen LogP contribution in [0.25, 0.3) is 11.3 Å². The summed E-state index contributed by atoms with van der Waals surface area (Å²) in [6.07, 6.45) is 2.08.